The quantitative estimate of drug-likeness (QED) is 0.342. The second-order valence-electron chi connectivity index (χ2n) is 7.05. The summed E-state index contributed by atoms with van der Waals surface area (Å²) in [5.74, 6) is 0.872. The molecule has 0 amide bonds. The Bertz CT molecular complexity index is 734. The van der Waals surface area contributed by atoms with E-state index in [1.54, 1.807) is 0 Å². The molecule has 1 saturated heterocycles. The van der Waals surface area contributed by atoms with Crippen molar-refractivity contribution in [3.05, 3.63) is 35.5 Å². The van der Waals surface area contributed by atoms with E-state index in [2.05, 4.69) is 60.7 Å². The number of fused-ring (bicyclic) bond motifs is 1. The molecule has 2 aromatic rings. The fourth-order valence-corrected chi connectivity index (χ4v) is 3.51. The molecule has 0 spiro atoms. The molecule has 0 bridgehead atoms. The van der Waals surface area contributed by atoms with E-state index < -0.39 is 0 Å². The van der Waals surface area contributed by atoms with Crippen LogP contribution in [0.25, 0.3) is 10.9 Å². The average Bonchev–Trinajstić information content (AvgIpc) is 3.17. The fraction of sp³-hybridized carbons (Fsp3) is 0.550. The number of H-pyrrole nitrogens is 1. The number of hydrogen-bond acceptors (Lipinski definition) is 2. The number of ether oxygens (including phenoxy) is 1. The highest BCUT2D eigenvalue weighted by atomic mass is 127. The summed E-state index contributed by atoms with van der Waals surface area (Å²) in [7, 11) is 0. The Kier molecular flexibility index (Phi) is 7.76. The van der Waals surface area contributed by atoms with E-state index in [4.69, 9.17) is 9.73 Å². The van der Waals surface area contributed by atoms with Crippen LogP contribution in [-0.4, -0.2) is 42.8 Å². The Morgan fingerprint density at radius 1 is 1.31 bits per heavy atom. The lowest BCUT2D eigenvalue weighted by Gasteiger charge is -2.21. The van der Waals surface area contributed by atoms with Gasteiger partial charge >= 0.3 is 0 Å². The minimum absolute atomic E-state index is 0. The number of halogens is 1. The monoisotopic (exact) mass is 470 g/mol. The van der Waals surface area contributed by atoms with Gasteiger partial charge in [0.15, 0.2) is 5.96 Å². The molecule has 1 aromatic carbocycles. The minimum Gasteiger partial charge on any atom is -0.373 e. The van der Waals surface area contributed by atoms with Gasteiger partial charge in [-0.25, -0.2) is 0 Å². The molecule has 1 aliphatic rings. The van der Waals surface area contributed by atoms with E-state index in [9.17, 15) is 0 Å². The van der Waals surface area contributed by atoms with Crippen LogP contribution in [0.2, 0.25) is 0 Å². The number of nitrogens with one attached hydrogen (secondary N) is 3. The van der Waals surface area contributed by atoms with Gasteiger partial charge in [0.1, 0.15) is 0 Å². The third kappa shape index (κ3) is 5.13. The summed E-state index contributed by atoms with van der Waals surface area (Å²) in [5, 5.41) is 8.11. The van der Waals surface area contributed by atoms with Gasteiger partial charge in [-0.2, -0.15) is 0 Å². The van der Waals surface area contributed by atoms with Gasteiger partial charge in [0, 0.05) is 36.3 Å². The maximum absolute atomic E-state index is 5.83. The van der Waals surface area contributed by atoms with Crippen LogP contribution >= 0.6 is 24.0 Å². The molecule has 26 heavy (non-hydrogen) atoms. The van der Waals surface area contributed by atoms with Gasteiger partial charge in [0.25, 0.3) is 0 Å². The molecule has 1 aliphatic heterocycles. The lowest BCUT2D eigenvalue weighted by molar-refractivity contribution is 0.0283. The third-order valence-electron chi connectivity index (χ3n) is 4.91. The van der Waals surface area contributed by atoms with Gasteiger partial charge in [-0.05, 0) is 51.7 Å². The van der Waals surface area contributed by atoms with Crippen molar-refractivity contribution < 1.29 is 4.74 Å². The van der Waals surface area contributed by atoms with Gasteiger partial charge in [0.2, 0.25) is 0 Å². The van der Waals surface area contributed by atoms with Crippen LogP contribution in [0.15, 0.2) is 29.3 Å². The minimum atomic E-state index is -0.101. The summed E-state index contributed by atoms with van der Waals surface area (Å²) in [6, 6.07) is 8.49. The van der Waals surface area contributed by atoms with Crippen molar-refractivity contribution in [3.8, 4) is 0 Å². The van der Waals surface area contributed by atoms with Gasteiger partial charge < -0.3 is 20.4 Å². The number of guanidine groups is 1. The van der Waals surface area contributed by atoms with Crippen LogP contribution in [-0.2, 0) is 11.2 Å². The highest BCUT2D eigenvalue weighted by Gasteiger charge is 2.29. The number of aromatic amines is 1. The second kappa shape index (κ2) is 9.60. The number of rotatable bonds is 6. The van der Waals surface area contributed by atoms with Crippen molar-refractivity contribution in [2.75, 3.05) is 26.2 Å². The van der Waals surface area contributed by atoms with Crippen LogP contribution in [0.5, 0.6) is 0 Å². The molecule has 3 N–H and O–H groups in total. The largest absolute Gasteiger partial charge is 0.373 e. The topological polar surface area (TPSA) is 61.4 Å². The molecule has 3 rings (SSSR count). The van der Waals surface area contributed by atoms with Gasteiger partial charge in [-0.15, -0.1) is 24.0 Å². The molecular formula is C20H31IN4O. The number of para-hydroxylation sites is 1. The number of aryl methyl sites for hydroxylation is 1. The van der Waals surface area contributed by atoms with Crippen molar-refractivity contribution in [2.24, 2.45) is 4.99 Å². The number of hydrogen-bond donors (Lipinski definition) is 3. The third-order valence-corrected chi connectivity index (χ3v) is 4.91. The summed E-state index contributed by atoms with van der Waals surface area (Å²) in [6.07, 6.45) is 3.19. The highest BCUT2D eigenvalue weighted by molar-refractivity contribution is 14.0. The normalized spacial score (nSPS) is 20.2. The summed E-state index contributed by atoms with van der Waals surface area (Å²) in [6.45, 7) is 9.66. The van der Waals surface area contributed by atoms with Gasteiger partial charge in [-0.1, -0.05) is 18.2 Å². The maximum atomic E-state index is 5.83. The van der Waals surface area contributed by atoms with Crippen LogP contribution in [0, 0.1) is 6.92 Å². The van der Waals surface area contributed by atoms with Gasteiger partial charge in [-0.3, -0.25) is 4.99 Å². The molecule has 1 fully saturated rings. The number of benzene rings is 1. The van der Waals surface area contributed by atoms with Crippen LogP contribution < -0.4 is 10.6 Å². The Morgan fingerprint density at radius 3 is 2.85 bits per heavy atom. The Labute approximate surface area is 173 Å². The lowest BCUT2D eigenvalue weighted by Crippen LogP contribution is -2.40. The first-order valence-electron chi connectivity index (χ1n) is 9.33. The van der Waals surface area contributed by atoms with E-state index in [-0.39, 0.29) is 29.6 Å². The number of aromatic nitrogens is 1. The van der Waals surface area contributed by atoms with Crippen molar-refractivity contribution in [1.82, 2.24) is 15.6 Å². The highest BCUT2D eigenvalue weighted by Crippen LogP contribution is 2.25. The molecule has 1 atom stereocenters. The Morgan fingerprint density at radius 2 is 2.12 bits per heavy atom. The molecule has 1 unspecified atom stereocenters. The molecule has 5 nitrogen and oxygen atoms in total. The van der Waals surface area contributed by atoms with Crippen molar-refractivity contribution in [3.63, 3.8) is 0 Å². The van der Waals surface area contributed by atoms with E-state index in [1.807, 2.05) is 0 Å². The number of nitrogens with zero attached hydrogens (tertiary/aromatic N) is 1. The summed E-state index contributed by atoms with van der Waals surface area (Å²) in [4.78, 5) is 8.20. The SMILES string of the molecule is CCNC(=NCC1(C)CCCO1)NCCc1c(C)[nH]c2ccccc12.I. The standard InChI is InChI=1S/C20H30N4O.HI/c1-4-21-19(23-14-20(3)11-7-13-25-20)22-12-10-16-15(2)24-18-9-6-5-8-17(16)18;/h5-6,8-9,24H,4,7,10-14H2,1-3H3,(H2,21,22,23);1H. The van der Waals surface area contributed by atoms with E-state index in [0.717, 1.165) is 44.9 Å². The molecule has 6 heteroatoms. The Balaban J connectivity index is 0.00000243. The lowest BCUT2D eigenvalue weighted by atomic mass is 10.0. The molecular weight excluding hydrogens is 439 g/mol. The summed E-state index contributed by atoms with van der Waals surface area (Å²) < 4.78 is 5.83. The predicted molar refractivity (Wildman–Crippen MR) is 120 cm³/mol. The Hall–Kier alpha value is -1.28. The molecule has 0 radical (unpaired) electrons. The van der Waals surface area contributed by atoms with Crippen molar-refractivity contribution in [2.45, 2.75) is 45.6 Å². The fourth-order valence-electron chi connectivity index (χ4n) is 3.51. The zero-order chi connectivity index (χ0) is 17.7. The first-order valence-corrected chi connectivity index (χ1v) is 9.33. The number of aliphatic imine (C=N–C) groups is 1. The molecule has 144 valence electrons. The average molecular weight is 470 g/mol. The predicted octanol–water partition coefficient (Wildman–Crippen LogP) is 3.76. The second-order valence-corrected chi connectivity index (χ2v) is 7.05. The first kappa shape index (κ1) is 21.0. The summed E-state index contributed by atoms with van der Waals surface area (Å²) >= 11 is 0. The zero-order valence-electron chi connectivity index (χ0n) is 16.0. The molecule has 1 aromatic heterocycles. The van der Waals surface area contributed by atoms with Crippen molar-refractivity contribution in [1.29, 1.82) is 0 Å². The molecule has 0 aliphatic carbocycles. The zero-order valence-corrected chi connectivity index (χ0v) is 18.4. The first-order chi connectivity index (χ1) is 12.1. The van der Waals surface area contributed by atoms with E-state index in [1.165, 1.54) is 22.2 Å². The van der Waals surface area contributed by atoms with Crippen molar-refractivity contribution >= 4 is 40.8 Å². The van der Waals surface area contributed by atoms with E-state index >= 15 is 0 Å². The maximum Gasteiger partial charge on any atom is 0.191 e. The van der Waals surface area contributed by atoms with Crippen LogP contribution in [0.1, 0.15) is 37.9 Å². The van der Waals surface area contributed by atoms with Crippen LogP contribution in [0.4, 0.5) is 0 Å². The molecule has 2 heterocycles. The van der Waals surface area contributed by atoms with E-state index in [0.29, 0.717) is 6.54 Å². The smallest absolute Gasteiger partial charge is 0.191 e. The van der Waals surface area contributed by atoms with Crippen LogP contribution in [0.3, 0.4) is 0 Å². The van der Waals surface area contributed by atoms with Gasteiger partial charge in [0.05, 0.1) is 12.1 Å². The summed E-state index contributed by atoms with van der Waals surface area (Å²) in [5.41, 5.74) is 3.74. The molecule has 0 saturated carbocycles.